The Morgan fingerprint density at radius 3 is 2.67 bits per heavy atom. The predicted molar refractivity (Wildman–Crippen MR) is 83.4 cm³/mol. The molecule has 2 rings (SSSR count). The van der Waals surface area contributed by atoms with Gasteiger partial charge in [-0.3, -0.25) is 14.9 Å². The number of halogens is 1. The van der Waals surface area contributed by atoms with Crippen molar-refractivity contribution in [3.63, 3.8) is 0 Å². The Labute approximate surface area is 137 Å². The summed E-state index contributed by atoms with van der Waals surface area (Å²) in [5.74, 6) is -0.568. The molecule has 2 aromatic rings. The second-order valence-electron chi connectivity index (χ2n) is 4.75. The predicted octanol–water partition coefficient (Wildman–Crippen LogP) is 2.44. The molecule has 8 heteroatoms. The van der Waals surface area contributed by atoms with Gasteiger partial charge in [-0.25, -0.2) is 4.39 Å². The lowest BCUT2D eigenvalue weighted by atomic mass is 10.2. The van der Waals surface area contributed by atoms with E-state index in [1.807, 2.05) is 0 Å². The molecule has 0 saturated carbocycles. The Morgan fingerprint density at radius 2 is 2.00 bits per heavy atom. The third kappa shape index (κ3) is 4.42. The highest BCUT2D eigenvalue weighted by molar-refractivity contribution is 5.77. The van der Waals surface area contributed by atoms with E-state index in [0.717, 1.165) is 0 Å². The van der Waals surface area contributed by atoms with Crippen molar-refractivity contribution in [2.75, 3.05) is 13.7 Å². The Kier molecular flexibility index (Phi) is 5.67. The van der Waals surface area contributed by atoms with Crippen LogP contribution in [-0.2, 0) is 11.3 Å². The maximum atomic E-state index is 13.4. The van der Waals surface area contributed by atoms with Gasteiger partial charge >= 0.3 is 0 Å². The van der Waals surface area contributed by atoms with Crippen molar-refractivity contribution in [1.82, 2.24) is 5.32 Å². The molecule has 126 valence electrons. The van der Waals surface area contributed by atoms with Crippen LogP contribution in [0, 0.1) is 15.9 Å². The van der Waals surface area contributed by atoms with Gasteiger partial charge in [-0.1, -0.05) is 18.2 Å². The van der Waals surface area contributed by atoms with Gasteiger partial charge < -0.3 is 14.8 Å². The number of carbonyl (C=O) groups is 1. The molecule has 0 bridgehead atoms. The number of ether oxygens (including phenoxy) is 2. The van der Waals surface area contributed by atoms with E-state index in [-0.39, 0.29) is 30.3 Å². The van der Waals surface area contributed by atoms with Crippen LogP contribution >= 0.6 is 0 Å². The second kappa shape index (κ2) is 7.91. The molecule has 0 heterocycles. The lowest BCUT2D eigenvalue weighted by Gasteiger charge is -2.11. The highest BCUT2D eigenvalue weighted by Crippen LogP contribution is 2.30. The number of nitrogens with zero attached hydrogens (tertiary/aromatic N) is 1. The number of methoxy groups -OCH3 is 1. The van der Waals surface area contributed by atoms with E-state index in [9.17, 15) is 19.3 Å². The van der Waals surface area contributed by atoms with Crippen LogP contribution < -0.4 is 14.8 Å². The van der Waals surface area contributed by atoms with Gasteiger partial charge in [0.05, 0.1) is 18.1 Å². The maximum Gasteiger partial charge on any atom is 0.273 e. The summed E-state index contributed by atoms with van der Waals surface area (Å²) in [5.41, 5.74) is 0.163. The number of benzene rings is 2. The summed E-state index contributed by atoms with van der Waals surface area (Å²) in [6, 6.07) is 9.89. The van der Waals surface area contributed by atoms with Gasteiger partial charge in [0.1, 0.15) is 5.82 Å². The number of amides is 1. The van der Waals surface area contributed by atoms with E-state index in [1.165, 1.54) is 31.4 Å². The molecule has 1 amide bonds. The highest BCUT2D eigenvalue weighted by atomic mass is 19.1. The Morgan fingerprint density at radius 1 is 1.25 bits per heavy atom. The van der Waals surface area contributed by atoms with Crippen molar-refractivity contribution in [3.05, 3.63) is 64.0 Å². The largest absolute Gasteiger partial charge is 0.493 e. The molecular weight excluding hydrogens is 319 g/mol. The Bertz CT molecular complexity index is 751. The molecule has 0 aromatic heterocycles. The molecule has 0 saturated heterocycles. The van der Waals surface area contributed by atoms with Crippen molar-refractivity contribution in [2.24, 2.45) is 0 Å². The monoisotopic (exact) mass is 334 g/mol. The van der Waals surface area contributed by atoms with Crippen LogP contribution in [0.3, 0.4) is 0 Å². The molecular formula is C16H15FN2O5. The van der Waals surface area contributed by atoms with Crippen LogP contribution in [0.5, 0.6) is 11.5 Å². The second-order valence-corrected chi connectivity index (χ2v) is 4.75. The van der Waals surface area contributed by atoms with Crippen LogP contribution in [0.4, 0.5) is 10.1 Å². The Hall–Kier alpha value is -3.16. The summed E-state index contributed by atoms with van der Waals surface area (Å²) in [6.45, 7) is -0.368. The minimum absolute atomic E-state index is 0.0148. The molecule has 0 aliphatic rings. The summed E-state index contributed by atoms with van der Waals surface area (Å²) in [7, 11) is 1.38. The molecule has 7 nitrogen and oxygen atoms in total. The van der Waals surface area contributed by atoms with E-state index in [0.29, 0.717) is 5.56 Å². The van der Waals surface area contributed by atoms with Gasteiger partial charge in [-0.05, 0) is 12.1 Å². The number of nitro groups is 1. The minimum atomic E-state index is -0.579. The first kappa shape index (κ1) is 17.2. The molecule has 2 aromatic carbocycles. The van der Waals surface area contributed by atoms with Crippen molar-refractivity contribution in [3.8, 4) is 11.5 Å². The van der Waals surface area contributed by atoms with Crippen molar-refractivity contribution in [1.29, 1.82) is 0 Å². The lowest BCUT2D eigenvalue weighted by Crippen LogP contribution is -2.28. The smallest absolute Gasteiger partial charge is 0.273 e. The van der Waals surface area contributed by atoms with Crippen LogP contribution in [0.2, 0.25) is 0 Å². The fourth-order valence-electron chi connectivity index (χ4n) is 1.92. The maximum absolute atomic E-state index is 13.4. The molecule has 1 N–H and O–H groups in total. The third-order valence-corrected chi connectivity index (χ3v) is 3.15. The van der Waals surface area contributed by atoms with Crippen LogP contribution in [-0.4, -0.2) is 24.5 Å². The van der Waals surface area contributed by atoms with Crippen LogP contribution in [0.25, 0.3) is 0 Å². The number of nitro benzene ring substituents is 1. The van der Waals surface area contributed by atoms with Crippen LogP contribution in [0.1, 0.15) is 5.56 Å². The molecule has 0 fully saturated rings. The zero-order chi connectivity index (χ0) is 17.5. The van der Waals surface area contributed by atoms with Gasteiger partial charge in [0.2, 0.25) is 0 Å². The molecule has 0 radical (unpaired) electrons. The van der Waals surface area contributed by atoms with E-state index < -0.39 is 16.6 Å². The molecule has 0 unspecified atom stereocenters. The quantitative estimate of drug-likeness (QED) is 0.620. The van der Waals surface area contributed by atoms with E-state index in [1.54, 1.807) is 18.2 Å². The van der Waals surface area contributed by atoms with Crippen molar-refractivity contribution < 1.29 is 23.6 Å². The SMILES string of the molecule is COc1ccc([N+](=O)[O-])cc1OCC(=O)NCc1ccccc1F. The summed E-state index contributed by atoms with van der Waals surface area (Å²) < 4.78 is 23.7. The van der Waals surface area contributed by atoms with Gasteiger partial charge in [-0.15, -0.1) is 0 Å². The van der Waals surface area contributed by atoms with Gasteiger partial charge in [0.25, 0.3) is 11.6 Å². The van der Waals surface area contributed by atoms with Crippen molar-refractivity contribution >= 4 is 11.6 Å². The number of hydrogen-bond donors (Lipinski definition) is 1. The van der Waals surface area contributed by atoms with E-state index in [2.05, 4.69) is 5.32 Å². The van der Waals surface area contributed by atoms with Crippen molar-refractivity contribution in [2.45, 2.75) is 6.54 Å². The zero-order valence-corrected chi connectivity index (χ0v) is 12.8. The minimum Gasteiger partial charge on any atom is -0.493 e. The first-order chi connectivity index (χ1) is 11.5. The molecule has 0 spiro atoms. The third-order valence-electron chi connectivity index (χ3n) is 3.15. The zero-order valence-electron chi connectivity index (χ0n) is 12.8. The topological polar surface area (TPSA) is 90.7 Å². The first-order valence-electron chi connectivity index (χ1n) is 6.96. The highest BCUT2D eigenvalue weighted by Gasteiger charge is 2.14. The van der Waals surface area contributed by atoms with Gasteiger partial charge in [-0.2, -0.15) is 0 Å². The normalized spacial score (nSPS) is 10.1. The fourth-order valence-corrected chi connectivity index (χ4v) is 1.92. The standard InChI is InChI=1S/C16H15FN2O5/c1-23-14-7-6-12(19(21)22)8-15(14)24-10-16(20)18-9-11-4-2-3-5-13(11)17/h2-8H,9-10H2,1H3,(H,18,20). The number of rotatable bonds is 7. The molecule has 0 aliphatic carbocycles. The van der Waals surface area contributed by atoms with Crippen LogP contribution in [0.15, 0.2) is 42.5 Å². The number of hydrogen-bond acceptors (Lipinski definition) is 5. The first-order valence-corrected chi connectivity index (χ1v) is 6.96. The fraction of sp³-hybridized carbons (Fsp3) is 0.188. The molecule has 0 aliphatic heterocycles. The Balaban J connectivity index is 1.95. The lowest BCUT2D eigenvalue weighted by molar-refractivity contribution is -0.385. The summed E-state index contributed by atoms with van der Waals surface area (Å²) in [4.78, 5) is 22.0. The average molecular weight is 334 g/mol. The summed E-state index contributed by atoms with van der Waals surface area (Å²) >= 11 is 0. The number of carbonyl (C=O) groups excluding carboxylic acids is 1. The van der Waals surface area contributed by atoms with Gasteiger partial charge in [0, 0.05) is 18.2 Å². The average Bonchev–Trinajstić information content (AvgIpc) is 2.58. The molecule has 24 heavy (non-hydrogen) atoms. The van der Waals surface area contributed by atoms with E-state index >= 15 is 0 Å². The van der Waals surface area contributed by atoms with E-state index in [4.69, 9.17) is 9.47 Å². The summed E-state index contributed by atoms with van der Waals surface area (Å²) in [5, 5.41) is 13.3. The molecule has 0 atom stereocenters. The summed E-state index contributed by atoms with van der Waals surface area (Å²) in [6.07, 6.45) is 0. The number of non-ortho nitro benzene ring substituents is 1. The van der Waals surface area contributed by atoms with Gasteiger partial charge in [0.15, 0.2) is 18.1 Å². The number of nitrogens with one attached hydrogen (secondary N) is 1.